The normalized spacial score (nSPS) is 14.3. The fourth-order valence-electron chi connectivity index (χ4n) is 4.74. The number of aryl methyl sites for hydroxylation is 2. The van der Waals surface area contributed by atoms with Crippen LogP contribution in [0.2, 0.25) is 0 Å². The van der Waals surface area contributed by atoms with Crippen LogP contribution < -0.4 is 10.1 Å². The van der Waals surface area contributed by atoms with Crippen molar-refractivity contribution in [2.24, 2.45) is 0 Å². The number of carbonyl (C=O) groups excluding carboxylic acids is 1. The second kappa shape index (κ2) is 12.9. The molecule has 0 aliphatic carbocycles. The number of carboxylic acids is 1. The minimum Gasteiger partial charge on any atom is -0.489 e. The third-order valence-electron chi connectivity index (χ3n) is 6.96. The van der Waals surface area contributed by atoms with E-state index in [4.69, 9.17) is 14.7 Å². The van der Waals surface area contributed by atoms with Crippen molar-refractivity contribution in [2.45, 2.75) is 50.7 Å². The Morgan fingerprint density at radius 2 is 1.76 bits per heavy atom. The van der Waals surface area contributed by atoms with Gasteiger partial charge in [0.05, 0.1) is 11.6 Å². The molecule has 0 atom stereocenters. The van der Waals surface area contributed by atoms with Gasteiger partial charge in [-0.25, -0.2) is 0 Å². The van der Waals surface area contributed by atoms with Gasteiger partial charge < -0.3 is 19.9 Å². The molecule has 1 aliphatic rings. The van der Waals surface area contributed by atoms with Crippen molar-refractivity contribution in [3.05, 3.63) is 101 Å². The zero-order valence-electron chi connectivity index (χ0n) is 21.3. The number of rotatable bonds is 11. The lowest BCUT2D eigenvalue weighted by Crippen LogP contribution is -2.52. The topological polar surface area (TPSA) is 109 Å². The van der Waals surface area contributed by atoms with Crippen LogP contribution in [-0.4, -0.2) is 35.7 Å². The Morgan fingerprint density at radius 1 is 0.974 bits per heavy atom. The first kappa shape index (κ1) is 26.9. The summed E-state index contributed by atoms with van der Waals surface area (Å²) in [5.74, 6) is -0.564. The molecule has 1 amide bonds. The van der Waals surface area contributed by atoms with Gasteiger partial charge in [-0.3, -0.25) is 9.59 Å². The van der Waals surface area contributed by atoms with Gasteiger partial charge >= 0.3 is 5.97 Å². The Balaban J connectivity index is 1.54. The van der Waals surface area contributed by atoms with Crippen LogP contribution in [0.15, 0.2) is 72.8 Å². The highest BCUT2D eigenvalue weighted by Crippen LogP contribution is 2.28. The molecular weight excluding hydrogens is 480 g/mol. The molecule has 1 fully saturated rings. The Kier molecular flexibility index (Phi) is 9.12. The third kappa shape index (κ3) is 7.44. The zero-order valence-corrected chi connectivity index (χ0v) is 21.3. The smallest absolute Gasteiger partial charge is 0.303 e. The van der Waals surface area contributed by atoms with Crippen molar-refractivity contribution in [1.82, 2.24) is 5.32 Å². The van der Waals surface area contributed by atoms with Crippen LogP contribution in [0.25, 0.3) is 0 Å². The Morgan fingerprint density at radius 3 is 2.50 bits per heavy atom. The number of carboxylic acid groups (broad SMARTS) is 1. The van der Waals surface area contributed by atoms with E-state index in [0.717, 1.165) is 18.4 Å². The quantitative estimate of drug-likeness (QED) is 0.372. The van der Waals surface area contributed by atoms with E-state index in [1.807, 2.05) is 30.3 Å². The molecule has 1 aliphatic heterocycles. The van der Waals surface area contributed by atoms with Crippen LogP contribution >= 0.6 is 0 Å². The molecule has 7 nitrogen and oxygen atoms in total. The average molecular weight is 513 g/mol. The predicted molar refractivity (Wildman–Crippen MR) is 143 cm³/mol. The van der Waals surface area contributed by atoms with Crippen LogP contribution in [0.5, 0.6) is 5.75 Å². The van der Waals surface area contributed by atoms with Crippen LogP contribution in [0, 0.1) is 11.3 Å². The third-order valence-corrected chi connectivity index (χ3v) is 6.96. The molecule has 0 bridgehead atoms. The maximum Gasteiger partial charge on any atom is 0.303 e. The molecule has 0 saturated carbocycles. The average Bonchev–Trinajstić information content (AvgIpc) is 2.95. The largest absolute Gasteiger partial charge is 0.489 e. The summed E-state index contributed by atoms with van der Waals surface area (Å²) in [6.45, 7) is 1.37. The lowest BCUT2D eigenvalue weighted by molar-refractivity contribution is -0.136. The van der Waals surface area contributed by atoms with Crippen molar-refractivity contribution in [3.63, 3.8) is 0 Å². The van der Waals surface area contributed by atoms with Crippen molar-refractivity contribution < 1.29 is 24.2 Å². The maximum absolute atomic E-state index is 13.7. The minimum atomic E-state index is -0.912. The summed E-state index contributed by atoms with van der Waals surface area (Å²) < 4.78 is 11.5. The molecule has 4 rings (SSSR count). The number of hydrogen-bond acceptors (Lipinski definition) is 5. The van der Waals surface area contributed by atoms with Gasteiger partial charge in [0.2, 0.25) is 0 Å². The second-order valence-corrected chi connectivity index (χ2v) is 9.65. The molecular formula is C31H32N2O5. The summed E-state index contributed by atoms with van der Waals surface area (Å²) in [4.78, 5) is 25.0. The van der Waals surface area contributed by atoms with Crippen molar-refractivity contribution in [3.8, 4) is 11.8 Å². The standard InChI is InChI=1S/C31H32N2O5/c32-21-24-7-4-8-27(19-24)38-22-25-9-10-26(11-12-29(34)35)28(20-25)30(36)33-31(15-17-37-18-16-31)14-13-23-5-2-1-3-6-23/h1-10,19-20H,11-18,22H2,(H,33,36)(H,34,35). The molecule has 2 N–H and O–H groups in total. The van der Waals surface area contributed by atoms with Crippen LogP contribution in [-0.2, 0) is 29.0 Å². The maximum atomic E-state index is 13.7. The van der Waals surface area contributed by atoms with Gasteiger partial charge in [-0.1, -0.05) is 48.5 Å². The fraction of sp³-hybridized carbons (Fsp3) is 0.323. The lowest BCUT2D eigenvalue weighted by atomic mass is 9.83. The number of nitrogens with one attached hydrogen (secondary N) is 1. The van der Waals surface area contributed by atoms with Crippen LogP contribution in [0.1, 0.15) is 58.3 Å². The molecule has 7 heteroatoms. The Hall–Kier alpha value is -4.15. The highest BCUT2D eigenvalue weighted by molar-refractivity contribution is 5.96. The summed E-state index contributed by atoms with van der Waals surface area (Å²) in [5, 5.41) is 21.7. The summed E-state index contributed by atoms with van der Waals surface area (Å²) in [6, 6.07) is 24.6. The molecule has 3 aromatic carbocycles. The van der Waals surface area contributed by atoms with Crippen molar-refractivity contribution >= 4 is 11.9 Å². The first-order valence-corrected chi connectivity index (χ1v) is 12.9. The lowest BCUT2D eigenvalue weighted by Gasteiger charge is -2.38. The molecule has 0 unspecified atom stereocenters. The number of hydrogen-bond donors (Lipinski definition) is 2. The van der Waals surface area contributed by atoms with E-state index in [1.165, 1.54) is 5.56 Å². The first-order valence-electron chi connectivity index (χ1n) is 12.9. The fourth-order valence-corrected chi connectivity index (χ4v) is 4.74. The van der Waals surface area contributed by atoms with E-state index in [2.05, 4.69) is 23.5 Å². The minimum absolute atomic E-state index is 0.0654. The molecule has 0 radical (unpaired) electrons. The van der Waals surface area contributed by atoms with Crippen LogP contribution in [0.4, 0.5) is 0 Å². The summed E-state index contributed by atoms with van der Waals surface area (Å²) in [6.07, 6.45) is 3.24. The van der Waals surface area contributed by atoms with Gasteiger partial charge in [-0.15, -0.1) is 0 Å². The number of aliphatic carboxylic acids is 1. The number of nitrogens with zero attached hydrogens (tertiary/aromatic N) is 1. The predicted octanol–water partition coefficient (Wildman–Crippen LogP) is 5.07. The Labute approximate surface area is 223 Å². The SMILES string of the molecule is N#Cc1cccc(OCc2ccc(CCC(=O)O)c(C(=O)NC3(CCc4ccccc4)CCOCC3)c2)c1. The van der Waals surface area contributed by atoms with Gasteiger partial charge in [0.25, 0.3) is 5.91 Å². The van der Waals surface area contributed by atoms with E-state index >= 15 is 0 Å². The van der Waals surface area contributed by atoms with Crippen LogP contribution in [0.3, 0.4) is 0 Å². The summed E-state index contributed by atoms with van der Waals surface area (Å²) in [7, 11) is 0. The first-order chi connectivity index (χ1) is 18.5. The highest BCUT2D eigenvalue weighted by Gasteiger charge is 2.34. The molecule has 0 aromatic heterocycles. The molecule has 3 aromatic rings. The Bertz CT molecular complexity index is 1290. The van der Waals surface area contributed by atoms with Crippen molar-refractivity contribution in [1.29, 1.82) is 5.26 Å². The van der Waals surface area contributed by atoms with Gasteiger partial charge in [0.1, 0.15) is 12.4 Å². The molecule has 1 saturated heterocycles. The zero-order chi connectivity index (χ0) is 26.8. The van der Waals surface area contributed by atoms with E-state index < -0.39 is 11.5 Å². The molecule has 196 valence electrons. The van der Waals surface area contributed by atoms with E-state index in [1.54, 1.807) is 30.3 Å². The highest BCUT2D eigenvalue weighted by atomic mass is 16.5. The molecule has 0 spiro atoms. The number of carbonyl (C=O) groups is 2. The second-order valence-electron chi connectivity index (χ2n) is 9.65. The monoisotopic (exact) mass is 512 g/mol. The van der Waals surface area contributed by atoms with Gasteiger partial charge in [0.15, 0.2) is 0 Å². The summed E-state index contributed by atoms with van der Waals surface area (Å²) in [5.41, 5.74) is 3.24. The number of ether oxygens (including phenoxy) is 2. The number of amides is 1. The van der Waals surface area contributed by atoms with Crippen molar-refractivity contribution in [2.75, 3.05) is 13.2 Å². The van der Waals surface area contributed by atoms with Gasteiger partial charge in [-0.05, 0) is 73.1 Å². The number of benzene rings is 3. The summed E-state index contributed by atoms with van der Waals surface area (Å²) >= 11 is 0. The van der Waals surface area contributed by atoms with E-state index in [-0.39, 0.29) is 25.4 Å². The molecule has 38 heavy (non-hydrogen) atoms. The molecule has 1 heterocycles. The number of nitriles is 1. The van der Waals surface area contributed by atoms with E-state index in [9.17, 15) is 14.7 Å². The van der Waals surface area contributed by atoms with Gasteiger partial charge in [0, 0.05) is 30.7 Å². The van der Waals surface area contributed by atoms with E-state index in [0.29, 0.717) is 48.5 Å². The van der Waals surface area contributed by atoms with Gasteiger partial charge in [-0.2, -0.15) is 5.26 Å².